The van der Waals surface area contributed by atoms with Gasteiger partial charge in [-0.2, -0.15) is 0 Å². The molecule has 0 saturated carbocycles. The van der Waals surface area contributed by atoms with Crippen molar-refractivity contribution in [1.82, 2.24) is 9.80 Å². The van der Waals surface area contributed by atoms with E-state index < -0.39 is 0 Å². The molecule has 1 aliphatic rings. The maximum atomic E-state index is 12.9. The second-order valence-electron chi connectivity index (χ2n) is 5.72. The zero-order valence-corrected chi connectivity index (χ0v) is 12.0. The van der Waals surface area contributed by atoms with Crippen molar-refractivity contribution < 1.29 is 4.39 Å². The third kappa shape index (κ3) is 3.32. The first-order chi connectivity index (χ1) is 8.99. The van der Waals surface area contributed by atoms with Gasteiger partial charge in [0.2, 0.25) is 0 Å². The van der Waals surface area contributed by atoms with Crippen molar-refractivity contribution in [1.29, 1.82) is 0 Å². The molecule has 2 rings (SSSR count). The van der Waals surface area contributed by atoms with Crippen LogP contribution in [0.5, 0.6) is 0 Å². The van der Waals surface area contributed by atoms with Crippen molar-refractivity contribution in [3.05, 3.63) is 35.6 Å². The molecule has 1 aromatic carbocycles. The highest BCUT2D eigenvalue weighted by Gasteiger charge is 2.30. The first-order valence-electron chi connectivity index (χ1n) is 6.90. The number of likely N-dealkylation sites (N-methyl/N-ethyl adjacent to an activating group) is 1. The van der Waals surface area contributed by atoms with E-state index >= 15 is 0 Å². The Kier molecular flexibility index (Phi) is 4.55. The summed E-state index contributed by atoms with van der Waals surface area (Å²) in [6, 6.07) is 7.36. The van der Waals surface area contributed by atoms with Gasteiger partial charge in [0, 0.05) is 31.2 Å². The summed E-state index contributed by atoms with van der Waals surface area (Å²) in [6.45, 7) is 4.30. The summed E-state index contributed by atoms with van der Waals surface area (Å²) < 4.78 is 12.9. The van der Waals surface area contributed by atoms with Crippen molar-refractivity contribution in [2.45, 2.75) is 31.5 Å². The van der Waals surface area contributed by atoms with E-state index in [0.717, 1.165) is 18.7 Å². The minimum atomic E-state index is -0.211. The molecule has 0 aliphatic carbocycles. The van der Waals surface area contributed by atoms with Gasteiger partial charge in [-0.05, 0) is 45.1 Å². The highest BCUT2D eigenvalue weighted by Crippen LogP contribution is 2.23. The normalized spacial score (nSPS) is 23.8. The van der Waals surface area contributed by atoms with Crippen molar-refractivity contribution >= 4 is 0 Å². The van der Waals surface area contributed by atoms with Crippen LogP contribution in [-0.4, -0.2) is 49.1 Å². The second kappa shape index (κ2) is 5.99. The third-order valence-electron chi connectivity index (χ3n) is 4.28. The van der Waals surface area contributed by atoms with Gasteiger partial charge in [0.15, 0.2) is 0 Å². The summed E-state index contributed by atoms with van der Waals surface area (Å²) in [6.07, 6.45) is 1.19. The van der Waals surface area contributed by atoms with Crippen LogP contribution in [0.25, 0.3) is 0 Å². The van der Waals surface area contributed by atoms with E-state index in [2.05, 4.69) is 30.8 Å². The Labute approximate surface area is 115 Å². The molecule has 0 bridgehead atoms. The summed E-state index contributed by atoms with van der Waals surface area (Å²) in [5, 5.41) is 0. The van der Waals surface area contributed by atoms with Gasteiger partial charge in [0.25, 0.3) is 0 Å². The lowest BCUT2D eigenvalue weighted by atomic mass is 10.0. The summed E-state index contributed by atoms with van der Waals surface area (Å²) >= 11 is 0. The molecule has 3 nitrogen and oxygen atoms in total. The molecule has 0 amide bonds. The van der Waals surface area contributed by atoms with Crippen LogP contribution >= 0.6 is 0 Å². The SMILES string of the molecule is CC(C(N)c1ccc(F)cc1)N1CCC(N(C)C)C1. The average Bonchev–Trinajstić information content (AvgIpc) is 2.87. The van der Waals surface area contributed by atoms with E-state index in [-0.39, 0.29) is 17.9 Å². The number of halogens is 1. The Bertz CT molecular complexity index is 404. The van der Waals surface area contributed by atoms with Crippen LogP contribution in [0, 0.1) is 5.82 Å². The van der Waals surface area contributed by atoms with Crippen molar-refractivity contribution in [2.75, 3.05) is 27.2 Å². The van der Waals surface area contributed by atoms with Crippen LogP contribution in [-0.2, 0) is 0 Å². The third-order valence-corrected chi connectivity index (χ3v) is 4.28. The van der Waals surface area contributed by atoms with Gasteiger partial charge in [-0.1, -0.05) is 12.1 Å². The Hall–Kier alpha value is -0.970. The molecule has 4 heteroatoms. The monoisotopic (exact) mass is 265 g/mol. The maximum absolute atomic E-state index is 12.9. The molecule has 1 saturated heterocycles. The standard InChI is InChI=1S/C15H24FN3/c1-11(19-9-8-14(10-19)18(2)3)15(17)12-4-6-13(16)7-5-12/h4-7,11,14-15H,8-10,17H2,1-3H3. The zero-order chi connectivity index (χ0) is 14.0. The molecule has 1 heterocycles. The van der Waals surface area contributed by atoms with E-state index in [1.165, 1.54) is 18.6 Å². The Morgan fingerprint density at radius 3 is 2.47 bits per heavy atom. The minimum absolute atomic E-state index is 0.0680. The van der Waals surface area contributed by atoms with E-state index in [0.29, 0.717) is 6.04 Å². The highest BCUT2D eigenvalue weighted by atomic mass is 19.1. The molecule has 19 heavy (non-hydrogen) atoms. The van der Waals surface area contributed by atoms with Gasteiger partial charge >= 0.3 is 0 Å². The van der Waals surface area contributed by atoms with Gasteiger partial charge in [-0.3, -0.25) is 4.90 Å². The van der Waals surface area contributed by atoms with Gasteiger partial charge in [-0.15, -0.1) is 0 Å². The second-order valence-corrected chi connectivity index (χ2v) is 5.72. The number of hydrogen-bond donors (Lipinski definition) is 1. The topological polar surface area (TPSA) is 32.5 Å². The van der Waals surface area contributed by atoms with Crippen LogP contribution in [0.3, 0.4) is 0 Å². The summed E-state index contributed by atoms with van der Waals surface area (Å²) in [7, 11) is 4.25. The fraction of sp³-hybridized carbons (Fsp3) is 0.600. The molecule has 3 atom stereocenters. The zero-order valence-electron chi connectivity index (χ0n) is 12.0. The smallest absolute Gasteiger partial charge is 0.123 e. The Balaban J connectivity index is 2.00. The molecule has 1 aliphatic heterocycles. The van der Waals surface area contributed by atoms with Crippen LogP contribution in [0.15, 0.2) is 24.3 Å². The van der Waals surface area contributed by atoms with Gasteiger partial charge in [0.1, 0.15) is 5.82 Å². The van der Waals surface area contributed by atoms with E-state index in [4.69, 9.17) is 5.73 Å². The molecular formula is C15H24FN3. The van der Waals surface area contributed by atoms with Crippen molar-refractivity contribution in [3.8, 4) is 0 Å². The molecule has 2 N–H and O–H groups in total. The molecule has 0 radical (unpaired) electrons. The van der Waals surface area contributed by atoms with E-state index in [1.54, 1.807) is 12.1 Å². The number of nitrogens with two attached hydrogens (primary N) is 1. The maximum Gasteiger partial charge on any atom is 0.123 e. The largest absolute Gasteiger partial charge is 0.323 e. The lowest BCUT2D eigenvalue weighted by Crippen LogP contribution is -2.41. The average molecular weight is 265 g/mol. The first kappa shape index (κ1) is 14.4. The van der Waals surface area contributed by atoms with Crippen LogP contribution in [0.1, 0.15) is 24.9 Å². The summed E-state index contributed by atoms with van der Waals surface area (Å²) in [4.78, 5) is 4.70. The Morgan fingerprint density at radius 1 is 1.32 bits per heavy atom. The Morgan fingerprint density at radius 2 is 1.95 bits per heavy atom. The lowest BCUT2D eigenvalue weighted by Gasteiger charge is -2.30. The van der Waals surface area contributed by atoms with Crippen molar-refractivity contribution in [2.24, 2.45) is 5.73 Å². The fourth-order valence-corrected chi connectivity index (χ4v) is 2.75. The predicted octanol–water partition coefficient (Wildman–Crippen LogP) is 1.85. The van der Waals surface area contributed by atoms with Gasteiger partial charge in [0.05, 0.1) is 0 Å². The summed E-state index contributed by atoms with van der Waals surface area (Å²) in [5.41, 5.74) is 7.31. The van der Waals surface area contributed by atoms with Crippen molar-refractivity contribution in [3.63, 3.8) is 0 Å². The molecule has 106 valence electrons. The van der Waals surface area contributed by atoms with E-state index in [1.807, 2.05) is 0 Å². The van der Waals surface area contributed by atoms with Crippen LogP contribution < -0.4 is 5.73 Å². The number of nitrogens with zero attached hydrogens (tertiary/aromatic N) is 2. The quantitative estimate of drug-likeness (QED) is 0.902. The van der Waals surface area contributed by atoms with Crippen LogP contribution in [0.4, 0.5) is 4.39 Å². The molecular weight excluding hydrogens is 241 g/mol. The summed E-state index contributed by atoms with van der Waals surface area (Å²) in [5.74, 6) is -0.211. The number of rotatable bonds is 4. The van der Waals surface area contributed by atoms with Crippen LogP contribution in [0.2, 0.25) is 0 Å². The number of benzene rings is 1. The molecule has 0 spiro atoms. The predicted molar refractivity (Wildman–Crippen MR) is 76.5 cm³/mol. The molecule has 3 unspecified atom stereocenters. The first-order valence-corrected chi connectivity index (χ1v) is 6.90. The fourth-order valence-electron chi connectivity index (χ4n) is 2.75. The lowest BCUT2D eigenvalue weighted by molar-refractivity contribution is 0.204. The van der Waals surface area contributed by atoms with Gasteiger partial charge in [-0.25, -0.2) is 4.39 Å². The molecule has 1 fully saturated rings. The van der Waals surface area contributed by atoms with E-state index in [9.17, 15) is 4.39 Å². The van der Waals surface area contributed by atoms with Gasteiger partial charge < -0.3 is 10.6 Å². The number of likely N-dealkylation sites (tertiary alicyclic amines) is 1. The number of hydrogen-bond acceptors (Lipinski definition) is 3. The highest BCUT2D eigenvalue weighted by molar-refractivity contribution is 5.21. The molecule has 1 aromatic rings. The minimum Gasteiger partial charge on any atom is -0.323 e. The molecule has 0 aromatic heterocycles.